The van der Waals surface area contributed by atoms with Crippen LogP contribution in [0.4, 0.5) is 0 Å². The van der Waals surface area contributed by atoms with Gasteiger partial charge in [0.2, 0.25) is 0 Å². The van der Waals surface area contributed by atoms with Gasteiger partial charge in [-0.05, 0) is 0 Å². The lowest BCUT2D eigenvalue weighted by molar-refractivity contribution is -0.139. The van der Waals surface area contributed by atoms with E-state index in [0.29, 0.717) is 0 Å². The minimum Gasteiger partial charge on any atom is -0.508 e. The van der Waals surface area contributed by atoms with E-state index < -0.39 is 5.97 Å². The molecular weight excluding hydrogens is 188 g/mol. The van der Waals surface area contributed by atoms with E-state index >= 15 is 0 Å². The Kier molecular flexibility index (Phi) is 2.81. The number of phenolic OH excluding ortho intramolecular Hbond substituents is 3. The molecule has 14 heavy (non-hydrogen) atoms. The van der Waals surface area contributed by atoms with Crippen molar-refractivity contribution in [3.8, 4) is 17.2 Å². The second-order valence-electron chi connectivity index (χ2n) is 2.72. The second kappa shape index (κ2) is 3.87. The molecular formula is C9H10O5. The van der Waals surface area contributed by atoms with Crippen LogP contribution in [0.5, 0.6) is 17.2 Å². The van der Waals surface area contributed by atoms with Gasteiger partial charge in [0.25, 0.3) is 0 Å². The molecule has 0 radical (unpaired) electrons. The summed E-state index contributed by atoms with van der Waals surface area (Å²) in [5, 5.41) is 27.6. The van der Waals surface area contributed by atoms with E-state index in [4.69, 9.17) is 5.11 Å². The lowest BCUT2D eigenvalue weighted by atomic mass is 10.1. The summed E-state index contributed by atoms with van der Waals surface area (Å²) in [5.74, 6) is -1.53. The average Bonchev–Trinajstić information content (AvgIpc) is 2.10. The Morgan fingerprint density at radius 1 is 1.29 bits per heavy atom. The van der Waals surface area contributed by atoms with Gasteiger partial charge >= 0.3 is 5.97 Å². The number of hydrogen-bond acceptors (Lipinski definition) is 5. The van der Waals surface area contributed by atoms with Crippen LogP contribution in [0.1, 0.15) is 5.56 Å². The Bertz CT molecular complexity index is 335. The lowest BCUT2D eigenvalue weighted by Gasteiger charge is -2.06. The van der Waals surface area contributed by atoms with E-state index in [9.17, 15) is 15.0 Å². The summed E-state index contributed by atoms with van der Waals surface area (Å²) in [6.45, 7) is 0. The van der Waals surface area contributed by atoms with Crippen LogP contribution in [0, 0.1) is 0 Å². The zero-order chi connectivity index (χ0) is 10.7. The highest BCUT2D eigenvalue weighted by Gasteiger charge is 2.13. The molecule has 0 saturated carbocycles. The number of ether oxygens (including phenoxy) is 1. The predicted molar refractivity (Wildman–Crippen MR) is 47.2 cm³/mol. The van der Waals surface area contributed by atoms with Crippen LogP contribution < -0.4 is 0 Å². The zero-order valence-corrected chi connectivity index (χ0v) is 7.52. The molecule has 0 spiro atoms. The standard InChI is InChI=1S/C9H10O5/c1-14-9(13)4-6-7(11)2-5(10)3-8(6)12/h2-3,10-12H,4H2,1H3. The molecule has 0 saturated heterocycles. The van der Waals surface area contributed by atoms with Crippen LogP contribution in [-0.4, -0.2) is 28.4 Å². The van der Waals surface area contributed by atoms with Gasteiger partial charge in [0, 0.05) is 17.7 Å². The third-order valence-electron chi connectivity index (χ3n) is 1.74. The molecule has 0 bridgehead atoms. The van der Waals surface area contributed by atoms with E-state index in [1.165, 1.54) is 7.11 Å². The number of aromatic hydroxyl groups is 3. The largest absolute Gasteiger partial charge is 0.508 e. The maximum Gasteiger partial charge on any atom is 0.310 e. The van der Waals surface area contributed by atoms with E-state index in [-0.39, 0.29) is 29.2 Å². The molecule has 3 N–H and O–H groups in total. The Hall–Kier alpha value is -1.91. The van der Waals surface area contributed by atoms with E-state index in [1.807, 2.05) is 0 Å². The normalized spacial score (nSPS) is 9.79. The van der Waals surface area contributed by atoms with Crippen LogP contribution >= 0.6 is 0 Å². The van der Waals surface area contributed by atoms with Gasteiger partial charge in [-0.2, -0.15) is 0 Å². The van der Waals surface area contributed by atoms with E-state index in [1.54, 1.807) is 0 Å². The van der Waals surface area contributed by atoms with Crippen LogP contribution in [0.15, 0.2) is 12.1 Å². The first-order valence-corrected chi connectivity index (χ1v) is 3.85. The van der Waals surface area contributed by atoms with Crippen LogP contribution in [0.3, 0.4) is 0 Å². The fourth-order valence-electron chi connectivity index (χ4n) is 1.02. The Balaban J connectivity index is 3.02. The smallest absolute Gasteiger partial charge is 0.310 e. The first-order valence-electron chi connectivity index (χ1n) is 3.85. The maximum atomic E-state index is 10.9. The highest BCUT2D eigenvalue weighted by Crippen LogP contribution is 2.32. The van der Waals surface area contributed by atoms with Gasteiger partial charge in [0.05, 0.1) is 13.5 Å². The summed E-state index contributed by atoms with van der Waals surface area (Å²) < 4.78 is 4.37. The number of carbonyl (C=O) groups is 1. The number of benzene rings is 1. The SMILES string of the molecule is COC(=O)Cc1c(O)cc(O)cc1O. The minimum absolute atomic E-state index is 0.0367. The van der Waals surface area contributed by atoms with E-state index in [2.05, 4.69) is 4.74 Å². The minimum atomic E-state index is -0.582. The van der Waals surface area contributed by atoms with Gasteiger partial charge in [-0.15, -0.1) is 0 Å². The van der Waals surface area contributed by atoms with Crippen molar-refractivity contribution in [2.75, 3.05) is 7.11 Å². The van der Waals surface area contributed by atoms with Crippen LogP contribution in [0.25, 0.3) is 0 Å². The molecule has 0 aliphatic rings. The van der Waals surface area contributed by atoms with Gasteiger partial charge in [0.1, 0.15) is 17.2 Å². The van der Waals surface area contributed by atoms with Gasteiger partial charge < -0.3 is 20.1 Å². The molecule has 0 heterocycles. The van der Waals surface area contributed by atoms with Crippen molar-refractivity contribution < 1.29 is 24.9 Å². The lowest BCUT2D eigenvalue weighted by Crippen LogP contribution is -2.04. The second-order valence-corrected chi connectivity index (χ2v) is 2.72. The fraction of sp³-hybridized carbons (Fsp3) is 0.222. The van der Waals surface area contributed by atoms with Crippen molar-refractivity contribution in [3.63, 3.8) is 0 Å². The molecule has 1 rings (SSSR count). The van der Waals surface area contributed by atoms with Gasteiger partial charge in [-0.3, -0.25) is 4.79 Å². The van der Waals surface area contributed by atoms with Crippen molar-refractivity contribution in [3.05, 3.63) is 17.7 Å². The van der Waals surface area contributed by atoms with Crippen molar-refractivity contribution in [1.29, 1.82) is 0 Å². The molecule has 76 valence electrons. The average molecular weight is 198 g/mol. The van der Waals surface area contributed by atoms with E-state index in [0.717, 1.165) is 12.1 Å². The number of methoxy groups -OCH3 is 1. The summed E-state index contributed by atoms with van der Waals surface area (Å²) >= 11 is 0. The van der Waals surface area contributed by atoms with Crippen molar-refractivity contribution in [2.24, 2.45) is 0 Å². The van der Waals surface area contributed by atoms with Gasteiger partial charge in [-0.25, -0.2) is 0 Å². The van der Waals surface area contributed by atoms with Gasteiger partial charge in [-0.1, -0.05) is 0 Å². The first-order chi connectivity index (χ1) is 6.54. The first kappa shape index (κ1) is 10.2. The quantitative estimate of drug-likeness (QED) is 0.603. The van der Waals surface area contributed by atoms with Crippen LogP contribution in [-0.2, 0) is 16.0 Å². The predicted octanol–water partition coefficient (Wildman–Crippen LogP) is 0.519. The summed E-state index contributed by atoms with van der Waals surface area (Å²) in [4.78, 5) is 10.9. The Morgan fingerprint density at radius 3 is 2.21 bits per heavy atom. The highest BCUT2D eigenvalue weighted by atomic mass is 16.5. The summed E-state index contributed by atoms with van der Waals surface area (Å²) in [5.41, 5.74) is 0.0367. The molecule has 1 aromatic rings. The molecule has 0 atom stereocenters. The van der Waals surface area contributed by atoms with Crippen LogP contribution in [0.2, 0.25) is 0 Å². The molecule has 0 aliphatic carbocycles. The molecule has 1 aromatic carbocycles. The molecule has 0 amide bonds. The highest BCUT2D eigenvalue weighted by molar-refractivity contribution is 5.74. The number of carbonyl (C=O) groups excluding carboxylic acids is 1. The van der Waals surface area contributed by atoms with Crippen molar-refractivity contribution in [2.45, 2.75) is 6.42 Å². The number of rotatable bonds is 2. The third-order valence-corrected chi connectivity index (χ3v) is 1.74. The molecule has 0 aliphatic heterocycles. The summed E-state index contributed by atoms with van der Waals surface area (Å²) in [7, 11) is 1.21. The zero-order valence-electron chi connectivity index (χ0n) is 7.52. The molecule has 5 nitrogen and oxygen atoms in total. The maximum absolute atomic E-state index is 10.9. The number of esters is 1. The third kappa shape index (κ3) is 2.07. The molecule has 0 aromatic heterocycles. The summed E-state index contributed by atoms with van der Waals surface area (Å²) in [6.07, 6.45) is -0.242. The molecule has 0 unspecified atom stereocenters. The Morgan fingerprint density at radius 2 is 1.79 bits per heavy atom. The van der Waals surface area contributed by atoms with Gasteiger partial charge in [0.15, 0.2) is 0 Å². The topological polar surface area (TPSA) is 87.0 Å². The number of hydrogen-bond donors (Lipinski definition) is 3. The van der Waals surface area contributed by atoms with Crippen molar-refractivity contribution in [1.82, 2.24) is 0 Å². The molecule has 5 heteroatoms. The summed E-state index contributed by atoms with van der Waals surface area (Å²) in [6, 6.07) is 2.08. The van der Waals surface area contributed by atoms with Crippen molar-refractivity contribution >= 4 is 5.97 Å². The Labute approximate surface area is 80.2 Å². The monoisotopic (exact) mass is 198 g/mol. The number of phenols is 3. The fourth-order valence-corrected chi connectivity index (χ4v) is 1.02. The molecule has 0 fully saturated rings.